The van der Waals surface area contributed by atoms with Gasteiger partial charge in [0.2, 0.25) is 0 Å². The van der Waals surface area contributed by atoms with Crippen LogP contribution in [0.15, 0.2) is 36.5 Å². The molecule has 0 saturated heterocycles. The lowest BCUT2D eigenvalue weighted by Crippen LogP contribution is -2.46. The minimum absolute atomic E-state index is 0. The first kappa shape index (κ1) is 22.5. The van der Waals surface area contributed by atoms with E-state index in [1.54, 1.807) is 10.6 Å². The van der Waals surface area contributed by atoms with Crippen LogP contribution in [-0.2, 0) is 19.5 Å². The summed E-state index contributed by atoms with van der Waals surface area (Å²) in [4.78, 5) is 21.3. The van der Waals surface area contributed by atoms with Crippen LogP contribution in [0.2, 0.25) is 5.02 Å². The summed E-state index contributed by atoms with van der Waals surface area (Å²) in [5.41, 5.74) is 2.49. The van der Waals surface area contributed by atoms with E-state index in [-0.39, 0.29) is 31.1 Å². The van der Waals surface area contributed by atoms with Crippen molar-refractivity contribution in [1.82, 2.24) is 19.4 Å². The van der Waals surface area contributed by atoms with Gasteiger partial charge in [-0.2, -0.15) is 13.5 Å². The number of hydrogen-bond donors (Lipinski definition) is 0. The maximum absolute atomic E-state index is 14.2. The molecule has 1 aromatic carbocycles. The highest BCUT2D eigenvalue weighted by Crippen LogP contribution is 2.33. The number of aromatic nitrogens is 3. The Bertz CT molecular complexity index is 1180. The van der Waals surface area contributed by atoms with Gasteiger partial charge in [-0.05, 0) is 41.7 Å². The maximum Gasteiger partial charge on any atom is 0.415 e. The van der Waals surface area contributed by atoms with Crippen molar-refractivity contribution < 1.29 is 14.1 Å². The summed E-state index contributed by atoms with van der Waals surface area (Å²) >= 11 is 6.02. The molecule has 0 bridgehead atoms. The van der Waals surface area contributed by atoms with Crippen LogP contribution in [0.3, 0.4) is 0 Å². The third kappa shape index (κ3) is 4.17. The summed E-state index contributed by atoms with van der Waals surface area (Å²) in [7, 11) is 0. The molecular weight excluding hydrogens is 457 g/mol. The van der Waals surface area contributed by atoms with Crippen LogP contribution < -0.4 is 4.74 Å². The Hall–Kier alpha value is -2.69. The smallest absolute Gasteiger partial charge is 0.415 e. The summed E-state index contributed by atoms with van der Waals surface area (Å²) in [6.07, 6.45) is 2.14. The van der Waals surface area contributed by atoms with Crippen molar-refractivity contribution in [3.05, 3.63) is 68.7 Å². The van der Waals surface area contributed by atoms with E-state index in [9.17, 15) is 14.5 Å². The molecule has 2 aromatic heterocycles. The van der Waals surface area contributed by atoms with Crippen molar-refractivity contribution in [3.8, 4) is 17.3 Å². The van der Waals surface area contributed by atoms with Crippen molar-refractivity contribution in [3.63, 3.8) is 0 Å². The quantitative estimate of drug-likeness (QED) is 0.417. The fourth-order valence-electron chi connectivity index (χ4n) is 4.29. The number of pyridine rings is 1. The zero-order valence-electron chi connectivity index (χ0n) is 17.2. The number of rotatable bonds is 4. The molecule has 0 spiro atoms. The van der Waals surface area contributed by atoms with Crippen LogP contribution in [0.4, 0.5) is 10.2 Å². The normalized spacial score (nSPS) is 19.6. The highest BCUT2D eigenvalue weighted by Gasteiger charge is 2.41. The lowest BCUT2D eigenvalue weighted by molar-refractivity contribution is -0.389. The van der Waals surface area contributed by atoms with Crippen molar-refractivity contribution in [2.45, 2.75) is 32.0 Å². The first-order valence-electron chi connectivity index (χ1n) is 9.87. The van der Waals surface area contributed by atoms with E-state index in [0.29, 0.717) is 35.9 Å². The molecule has 3 aromatic rings. The van der Waals surface area contributed by atoms with Gasteiger partial charge in [-0.25, -0.2) is 4.39 Å². The fourth-order valence-corrected chi connectivity index (χ4v) is 4.46. The van der Waals surface area contributed by atoms with Gasteiger partial charge < -0.3 is 14.9 Å². The second kappa shape index (κ2) is 8.34. The monoisotopic (exact) mass is 477 g/mol. The van der Waals surface area contributed by atoms with Crippen LogP contribution in [0.25, 0.3) is 11.3 Å². The molecule has 11 heteroatoms. The Morgan fingerprint density at radius 1 is 1.31 bits per heavy atom. The lowest BCUT2D eigenvalue weighted by atomic mass is 10.00. The van der Waals surface area contributed by atoms with Gasteiger partial charge in [0.25, 0.3) is 0 Å². The number of fused-ring (bicyclic) bond motifs is 2. The van der Waals surface area contributed by atoms with Gasteiger partial charge in [-0.1, -0.05) is 17.7 Å². The molecule has 0 N–H and O–H groups in total. The number of halogens is 2. The van der Waals surface area contributed by atoms with Gasteiger partial charge in [0.05, 0.1) is 12.2 Å². The molecule has 0 amide bonds. The standard InChI is InChI=1S/C21H19ClFN5O3.H2S/c1-21(12-27-10-19(28(29)30)25-20(27)31-21)11-26-7-6-17-13(9-26)2-5-18(24-17)15-8-14(22)3-4-16(15)23;/h2-5,8,10H,6-7,9,11-12H2,1H3;1H2/t21-;/m0./s1. The molecule has 0 saturated carbocycles. The largest absolute Gasteiger partial charge is 0.436 e. The summed E-state index contributed by atoms with van der Waals surface area (Å²) in [5, 5.41) is 11.4. The zero-order chi connectivity index (χ0) is 21.8. The van der Waals surface area contributed by atoms with Crippen molar-refractivity contribution in [1.29, 1.82) is 0 Å². The Balaban J connectivity index is 0.00000245. The Kier molecular flexibility index (Phi) is 5.87. The molecule has 8 nitrogen and oxygen atoms in total. The van der Waals surface area contributed by atoms with E-state index in [4.69, 9.17) is 16.3 Å². The molecule has 0 aliphatic carbocycles. The van der Waals surface area contributed by atoms with E-state index < -0.39 is 10.5 Å². The summed E-state index contributed by atoms with van der Waals surface area (Å²) < 4.78 is 21.8. The Morgan fingerprint density at radius 2 is 2.12 bits per heavy atom. The summed E-state index contributed by atoms with van der Waals surface area (Å²) in [5.74, 6) is -0.555. The lowest BCUT2D eigenvalue weighted by Gasteiger charge is -2.34. The van der Waals surface area contributed by atoms with Crippen LogP contribution in [0.1, 0.15) is 18.2 Å². The average molecular weight is 478 g/mol. The SMILES string of the molecule is C[C@]1(CN2CCc3nc(-c4cc(Cl)ccc4F)ccc3C2)Cn2cc([N+](=O)[O-])nc2O1.S. The average Bonchev–Trinajstić information content (AvgIpc) is 3.24. The summed E-state index contributed by atoms with van der Waals surface area (Å²) in [6.45, 7) is 4.60. The van der Waals surface area contributed by atoms with E-state index in [0.717, 1.165) is 24.2 Å². The summed E-state index contributed by atoms with van der Waals surface area (Å²) in [6, 6.07) is 8.54. The third-order valence-electron chi connectivity index (χ3n) is 5.65. The highest BCUT2D eigenvalue weighted by atomic mass is 35.5. The van der Waals surface area contributed by atoms with Crippen LogP contribution >= 0.6 is 25.1 Å². The Labute approximate surface area is 195 Å². The minimum atomic E-state index is -0.524. The molecule has 0 unspecified atom stereocenters. The van der Waals surface area contributed by atoms with Crippen molar-refractivity contribution in [2.75, 3.05) is 13.1 Å². The zero-order valence-corrected chi connectivity index (χ0v) is 19.0. The fraction of sp³-hybridized carbons (Fsp3) is 0.333. The number of hydrogen-bond acceptors (Lipinski definition) is 6. The first-order chi connectivity index (χ1) is 14.8. The van der Waals surface area contributed by atoms with Gasteiger partial charge in [0.1, 0.15) is 17.6 Å². The number of ether oxygens (including phenoxy) is 1. The van der Waals surface area contributed by atoms with Gasteiger partial charge in [-0.15, -0.1) is 0 Å². The molecule has 2 aliphatic rings. The minimum Gasteiger partial charge on any atom is -0.436 e. The number of imidazole rings is 1. The molecule has 0 fully saturated rings. The molecule has 5 rings (SSSR count). The van der Waals surface area contributed by atoms with E-state index in [2.05, 4.69) is 14.9 Å². The number of benzene rings is 1. The highest BCUT2D eigenvalue weighted by molar-refractivity contribution is 7.59. The van der Waals surface area contributed by atoms with Crippen LogP contribution in [0.5, 0.6) is 6.01 Å². The van der Waals surface area contributed by atoms with E-state index in [1.165, 1.54) is 18.3 Å². The van der Waals surface area contributed by atoms with Crippen molar-refractivity contribution in [2.24, 2.45) is 0 Å². The predicted octanol–water partition coefficient (Wildman–Crippen LogP) is 3.97. The van der Waals surface area contributed by atoms with Crippen LogP contribution in [0, 0.1) is 15.9 Å². The van der Waals surface area contributed by atoms with Gasteiger partial charge in [0.15, 0.2) is 0 Å². The topological polar surface area (TPSA) is 86.3 Å². The predicted molar refractivity (Wildman–Crippen MR) is 122 cm³/mol. The molecular formula is C21H21ClFN5O3S. The number of nitrogens with zero attached hydrogens (tertiary/aromatic N) is 5. The maximum atomic E-state index is 14.2. The van der Waals surface area contributed by atoms with E-state index in [1.807, 2.05) is 19.1 Å². The molecule has 0 radical (unpaired) electrons. The molecule has 168 valence electrons. The molecule has 32 heavy (non-hydrogen) atoms. The van der Waals surface area contributed by atoms with Gasteiger partial charge in [0, 0.05) is 47.3 Å². The molecule has 1 atom stereocenters. The third-order valence-corrected chi connectivity index (χ3v) is 5.88. The van der Waals surface area contributed by atoms with Gasteiger partial charge in [-0.3, -0.25) is 14.5 Å². The number of nitro groups is 1. The Morgan fingerprint density at radius 3 is 2.88 bits per heavy atom. The van der Waals surface area contributed by atoms with E-state index >= 15 is 0 Å². The van der Waals surface area contributed by atoms with Crippen molar-refractivity contribution >= 4 is 30.9 Å². The second-order valence-corrected chi connectivity index (χ2v) is 8.64. The molecule has 2 aliphatic heterocycles. The molecule has 4 heterocycles. The first-order valence-corrected chi connectivity index (χ1v) is 10.2. The van der Waals surface area contributed by atoms with Crippen LogP contribution in [-0.4, -0.2) is 43.0 Å². The second-order valence-electron chi connectivity index (χ2n) is 8.21. The van der Waals surface area contributed by atoms with Gasteiger partial charge >= 0.3 is 11.8 Å².